The van der Waals surface area contributed by atoms with E-state index in [9.17, 15) is 39.3 Å². The van der Waals surface area contributed by atoms with Crippen LogP contribution in [0.25, 0.3) is 5.57 Å². The third-order valence-corrected chi connectivity index (χ3v) is 11.2. The van der Waals surface area contributed by atoms with Crippen molar-refractivity contribution in [2.75, 3.05) is 4.90 Å². The minimum atomic E-state index is -1.64. The number of allylic oxidation sites excluding steroid dienone is 4. The van der Waals surface area contributed by atoms with Crippen LogP contribution >= 0.6 is 0 Å². The molecule has 0 radical (unpaired) electrons. The Kier molecular flexibility index (Phi) is 7.37. The average Bonchev–Trinajstić information content (AvgIpc) is 3.39. The number of imide groups is 1. The first-order valence-electron chi connectivity index (χ1n) is 16.6. The Morgan fingerprint density at radius 2 is 1.53 bits per heavy atom. The van der Waals surface area contributed by atoms with E-state index in [2.05, 4.69) is 0 Å². The van der Waals surface area contributed by atoms with Crippen LogP contribution in [-0.2, 0) is 24.6 Å². The van der Waals surface area contributed by atoms with Gasteiger partial charge in [-0.3, -0.25) is 19.2 Å². The highest BCUT2D eigenvalue weighted by Gasteiger charge is 2.66. The van der Waals surface area contributed by atoms with E-state index in [0.29, 0.717) is 16.7 Å². The molecule has 9 nitrogen and oxygen atoms in total. The second kappa shape index (κ2) is 11.7. The van der Waals surface area contributed by atoms with Crippen LogP contribution < -0.4 is 4.90 Å². The number of carbonyl (C=O) groups is 5. The van der Waals surface area contributed by atoms with Gasteiger partial charge < -0.3 is 15.3 Å². The Balaban J connectivity index is 1.34. The monoisotopic (exact) mass is 683 g/mol. The topological polar surface area (TPSA) is 149 Å². The predicted molar refractivity (Wildman–Crippen MR) is 182 cm³/mol. The Morgan fingerprint density at radius 3 is 2.22 bits per heavy atom. The number of carboxylic acid groups (broad SMARTS) is 1. The van der Waals surface area contributed by atoms with Crippen LogP contribution in [0.3, 0.4) is 0 Å². The van der Waals surface area contributed by atoms with Crippen molar-refractivity contribution in [3.8, 4) is 11.5 Å². The van der Waals surface area contributed by atoms with Crippen LogP contribution in [-0.4, -0.2) is 44.7 Å². The van der Waals surface area contributed by atoms with E-state index in [1.54, 1.807) is 66.7 Å². The maximum atomic E-state index is 15.2. The van der Waals surface area contributed by atoms with Gasteiger partial charge in [0.25, 0.3) is 0 Å². The molecule has 3 N–H and O–H groups in total. The largest absolute Gasteiger partial charge is 0.507 e. The number of benzene rings is 4. The molecule has 0 spiro atoms. The number of fused-ring (bicyclic) bond motifs is 4. The molecule has 1 saturated heterocycles. The molecule has 4 aromatic rings. The van der Waals surface area contributed by atoms with Crippen LogP contribution in [0.1, 0.15) is 45.8 Å². The molecule has 1 aliphatic heterocycles. The summed E-state index contributed by atoms with van der Waals surface area (Å²) in [5.74, 6) is -10.3. The number of carboxylic acids is 1. The van der Waals surface area contributed by atoms with E-state index < -0.39 is 81.5 Å². The summed E-state index contributed by atoms with van der Waals surface area (Å²) in [6, 6.07) is 25.0. The first-order chi connectivity index (χ1) is 24.5. The van der Waals surface area contributed by atoms with Gasteiger partial charge >= 0.3 is 5.97 Å². The molecule has 4 aromatic carbocycles. The number of phenols is 2. The lowest BCUT2D eigenvalue weighted by Crippen LogP contribution is -2.58. The Morgan fingerprint density at radius 1 is 0.824 bits per heavy atom. The van der Waals surface area contributed by atoms with Gasteiger partial charge in [-0.1, -0.05) is 84.4 Å². The van der Waals surface area contributed by atoms with Crippen molar-refractivity contribution in [3.63, 3.8) is 0 Å². The molecule has 254 valence electrons. The number of para-hydroxylation sites is 1. The fourth-order valence-corrected chi connectivity index (χ4v) is 9.08. The number of aromatic carboxylic acids is 1. The van der Waals surface area contributed by atoms with Gasteiger partial charge in [-0.2, -0.15) is 0 Å². The molecular weight excluding hydrogens is 653 g/mol. The van der Waals surface area contributed by atoms with Crippen molar-refractivity contribution in [1.29, 1.82) is 0 Å². The fraction of sp³-hybridized carbons (Fsp3) is 0.195. The maximum Gasteiger partial charge on any atom is 0.339 e. The molecule has 3 aliphatic carbocycles. The molecule has 6 atom stereocenters. The third kappa shape index (κ3) is 4.55. The molecule has 51 heavy (non-hydrogen) atoms. The molecule has 1 saturated carbocycles. The number of anilines is 1. The summed E-state index contributed by atoms with van der Waals surface area (Å²) >= 11 is 0. The zero-order valence-electron chi connectivity index (χ0n) is 26.9. The third-order valence-electron chi connectivity index (χ3n) is 11.2. The Hall–Kier alpha value is -6.16. The number of hydrogen-bond donors (Lipinski definition) is 3. The van der Waals surface area contributed by atoms with E-state index in [1.807, 2.05) is 0 Å². The number of carbonyl (C=O) groups excluding carboxylic acids is 4. The van der Waals surface area contributed by atoms with Crippen LogP contribution in [0.2, 0.25) is 0 Å². The van der Waals surface area contributed by atoms with Crippen LogP contribution in [0.15, 0.2) is 115 Å². The lowest BCUT2D eigenvalue weighted by atomic mass is 9.44. The van der Waals surface area contributed by atoms with Gasteiger partial charge in [0.1, 0.15) is 11.3 Å². The van der Waals surface area contributed by atoms with Gasteiger partial charge in [-0.15, -0.1) is 0 Å². The molecule has 2 fully saturated rings. The normalized spacial score (nSPS) is 26.9. The summed E-state index contributed by atoms with van der Waals surface area (Å²) in [7, 11) is 0. The summed E-state index contributed by atoms with van der Waals surface area (Å²) < 4.78 is 15.2. The molecule has 8 rings (SSSR count). The first kappa shape index (κ1) is 32.1. The summed E-state index contributed by atoms with van der Waals surface area (Å²) in [6.45, 7) is 0. The number of nitrogens with zero attached hydrogens (tertiary/aromatic N) is 1. The molecule has 10 heteroatoms. The van der Waals surface area contributed by atoms with Gasteiger partial charge in [0.05, 0.1) is 22.9 Å². The molecule has 0 aromatic heterocycles. The number of Topliss-reactive ketones (excluding diaryl/α,β-unsaturated/α-hetero) is 1. The highest BCUT2D eigenvalue weighted by molar-refractivity contribution is 6.32. The zero-order valence-corrected chi connectivity index (χ0v) is 26.9. The maximum absolute atomic E-state index is 15.2. The number of hydrogen-bond acceptors (Lipinski definition) is 7. The lowest BCUT2D eigenvalue weighted by Gasteiger charge is -2.55. The highest BCUT2D eigenvalue weighted by atomic mass is 19.1. The molecule has 2 amide bonds. The van der Waals surface area contributed by atoms with E-state index >= 15 is 4.39 Å². The van der Waals surface area contributed by atoms with Crippen molar-refractivity contribution < 1.29 is 43.7 Å². The van der Waals surface area contributed by atoms with E-state index in [1.165, 1.54) is 24.3 Å². The standard InChI is InChI=1S/C41H30FNO8/c42-31-13-7-12-27(37(31)47)35-24-16-17-26-34(39(49)43(38(26)48)23-14-15-25(40(50)51)32(44)18-23)29(24)19-30-36(46)28(21-8-3-1-4-9-21)20-33(45)41(30,35)22-10-5-2-6-11-22/h1-16,18,20,26,29-30,34-35,44,47H,17,19H2,(H,50,51)/t26-,29+,30-,34-,35+,41-/m0/s1. The van der Waals surface area contributed by atoms with Crippen molar-refractivity contribution in [2.24, 2.45) is 23.7 Å². The lowest BCUT2D eigenvalue weighted by molar-refractivity contribution is -0.135. The number of phenolic OH excluding ortho intramolecular Hbond substituents is 1. The average molecular weight is 684 g/mol. The van der Waals surface area contributed by atoms with Gasteiger partial charge in [-0.05, 0) is 54.2 Å². The van der Waals surface area contributed by atoms with Crippen molar-refractivity contribution in [1.82, 2.24) is 0 Å². The number of ketones is 2. The summed E-state index contributed by atoms with van der Waals surface area (Å²) in [5, 5.41) is 31.1. The fourth-order valence-electron chi connectivity index (χ4n) is 9.08. The molecule has 0 unspecified atom stereocenters. The number of aromatic hydroxyl groups is 2. The van der Waals surface area contributed by atoms with Crippen molar-refractivity contribution in [3.05, 3.63) is 143 Å². The molecular formula is C41H30FNO8. The minimum Gasteiger partial charge on any atom is -0.507 e. The number of halogens is 1. The Labute approximate surface area is 291 Å². The van der Waals surface area contributed by atoms with Gasteiger partial charge in [0.2, 0.25) is 11.8 Å². The molecule has 4 aliphatic rings. The second-order valence-corrected chi connectivity index (χ2v) is 13.5. The molecule has 0 bridgehead atoms. The zero-order chi connectivity index (χ0) is 35.8. The van der Waals surface area contributed by atoms with Crippen LogP contribution in [0.5, 0.6) is 11.5 Å². The SMILES string of the molecule is O=C(O)c1ccc(N2C(=O)[C@H]3[C@H](CC=C4[C@H]3C[C@H]3C(=O)C(c5ccccc5)=CC(=O)[C@@]3(c3ccccc3)[C@H]4c3cccc(F)c3O)C2=O)cc1O. The van der Waals surface area contributed by atoms with Crippen molar-refractivity contribution in [2.45, 2.75) is 24.2 Å². The van der Waals surface area contributed by atoms with E-state index in [0.717, 1.165) is 23.1 Å². The van der Waals surface area contributed by atoms with Gasteiger partial charge in [0, 0.05) is 29.0 Å². The van der Waals surface area contributed by atoms with Gasteiger partial charge in [0.15, 0.2) is 23.1 Å². The summed E-state index contributed by atoms with van der Waals surface area (Å²) in [6.07, 6.45) is 3.21. The van der Waals surface area contributed by atoms with Gasteiger partial charge in [-0.25, -0.2) is 14.1 Å². The van der Waals surface area contributed by atoms with Crippen LogP contribution in [0, 0.1) is 29.5 Å². The van der Waals surface area contributed by atoms with E-state index in [4.69, 9.17) is 0 Å². The predicted octanol–water partition coefficient (Wildman–Crippen LogP) is 5.96. The second-order valence-electron chi connectivity index (χ2n) is 13.5. The number of rotatable bonds is 5. The smallest absolute Gasteiger partial charge is 0.339 e. The van der Waals surface area contributed by atoms with Crippen LogP contribution in [0.4, 0.5) is 10.1 Å². The summed E-state index contributed by atoms with van der Waals surface area (Å²) in [5.41, 5.74) is -0.185. The van der Waals surface area contributed by atoms with Crippen molar-refractivity contribution >= 4 is 40.6 Å². The highest BCUT2D eigenvalue weighted by Crippen LogP contribution is 2.64. The number of amides is 2. The quantitative estimate of drug-likeness (QED) is 0.172. The Bertz CT molecular complexity index is 2250. The molecule has 1 heterocycles. The van der Waals surface area contributed by atoms with E-state index in [-0.39, 0.29) is 35.4 Å². The summed E-state index contributed by atoms with van der Waals surface area (Å²) in [4.78, 5) is 70.8. The first-order valence-corrected chi connectivity index (χ1v) is 16.6. The minimum absolute atomic E-state index is 0.000713.